The summed E-state index contributed by atoms with van der Waals surface area (Å²) in [5, 5.41) is 0. The van der Waals surface area contributed by atoms with E-state index in [9.17, 15) is 8.78 Å². The van der Waals surface area contributed by atoms with E-state index >= 15 is 0 Å². The summed E-state index contributed by atoms with van der Waals surface area (Å²) >= 11 is 0. The van der Waals surface area contributed by atoms with Gasteiger partial charge in [-0.15, -0.1) is 0 Å². The smallest absolute Gasteiger partial charge is 0.304 e. The molecule has 0 aromatic rings. The number of rotatable bonds is 3. The van der Waals surface area contributed by atoms with Gasteiger partial charge in [0.05, 0.1) is 6.61 Å². The molecule has 7 heteroatoms. The van der Waals surface area contributed by atoms with Crippen LogP contribution in [0.15, 0.2) is 0 Å². The van der Waals surface area contributed by atoms with Crippen molar-refractivity contribution in [1.82, 2.24) is 0 Å². The maximum atomic E-state index is 12.8. The molecule has 71 valence electrons. The molecule has 1 aliphatic rings. The summed E-state index contributed by atoms with van der Waals surface area (Å²) in [7, 11) is 3.76. The number of hydrogen-bond acceptors (Lipinski definition) is 3. The fourth-order valence-corrected chi connectivity index (χ4v) is 1.51. The van der Waals surface area contributed by atoms with Crippen molar-refractivity contribution in [2.45, 2.75) is 18.1 Å². The van der Waals surface area contributed by atoms with Gasteiger partial charge in [0.1, 0.15) is 6.10 Å². The highest BCUT2D eigenvalue weighted by Crippen LogP contribution is 2.36. The van der Waals surface area contributed by atoms with Crippen molar-refractivity contribution in [2.75, 3.05) is 6.61 Å². The molecule has 1 heterocycles. The van der Waals surface area contributed by atoms with Crippen LogP contribution in [0.1, 0.15) is 0 Å². The lowest BCUT2D eigenvalue weighted by Gasteiger charge is -2.19. The molecule has 0 N–H and O–H groups in total. The minimum atomic E-state index is -3.05. The molecule has 1 saturated heterocycles. The summed E-state index contributed by atoms with van der Waals surface area (Å²) in [6.45, 7) is 0.534. The molecule has 0 amide bonds. The molecule has 0 saturated carbocycles. The Labute approximate surface area is 73.7 Å². The second kappa shape index (κ2) is 4.21. The first-order valence-electron chi connectivity index (χ1n) is 3.16. The third-order valence-corrected chi connectivity index (χ3v) is 2.01. The van der Waals surface area contributed by atoms with Crippen LogP contribution in [0.3, 0.4) is 0 Å². The van der Waals surface area contributed by atoms with Crippen LogP contribution in [0.2, 0.25) is 0 Å². The molecular weight excluding hydrogens is 208 g/mol. The summed E-state index contributed by atoms with van der Waals surface area (Å²) in [5.74, 6) is -3.05. The van der Waals surface area contributed by atoms with E-state index in [-0.39, 0.29) is 6.61 Å². The van der Waals surface area contributed by atoms with Crippen molar-refractivity contribution < 1.29 is 22.6 Å². The molecule has 0 aromatic heterocycles. The van der Waals surface area contributed by atoms with Gasteiger partial charge >= 0.3 is 5.92 Å². The molecule has 4 atom stereocenters. The van der Waals surface area contributed by atoms with Crippen LogP contribution >= 0.6 is 18.9 Å². The van der Waals surface area contributed by atoms with Crippen molar-refractivity contribution in [1.29, 1.82) is 0 Å². The Balaban J connectivity index is 2.56. The van der Waals surface area contributed by atoms with Gasteiger partial charge in [-0.2, -0.15) is 0 Å². The van der Waals surface area contributed by atoms with Crippen LogP contribution in [-0.4, -0.2) is 24.7 Å². The Morgan fingerprint density at radius 1 is 1.50 bits per heavy atom. The van der Waals surface area contributed by atoms with E-state index in [4.69, 9.17) is 0 Å². The third kappa shape index (κ3) is 2.09. The number of hydrogen-bond donors (Lipinski definition) is 0. The lowest BCUT2D eigenvalue weighted by atomic mass is 10.1. The van der Waals surface area contributed by atoms with Crippen LogP contribution in [0.25, 0.3) is 0 Å². The third-order valence-electron chi connectivity index (χ3n) is 1.52. The zero-order chi connectivity index (χ0) is 9.19. The lowest BCUT2D eigenvalue weighted by molar-refractivity contribution is -0.0516. The Hall–Kier alpha value is 0.600. The van der Waals surface area contributed by atoms with Gasteiger partial charge in [0.2, 0.25) is 0 Å². The summed E-state index contributed by atoms with van der Waals surface area (Å²) in [4.78, 5) is 0. The predicted molar refractivity (Wildman–Crippen MR) is 44.4 cm³/mol. The van der Waals surface area contributed by atoms with Crippen molar-refractivity contribution in [3.8, 4) is 0 Å². The van der Waals surface area contributed by atoms with Gasteiger partial charge in [-0.05, 0) is 0 Å². The highest BCUT2D eigenvalue weighted by atomic mass is 31.0. The quantitative estimate of drug-likeness (QED) is 0.664. The molecule has 1 fully saturated rings. The van der Waals surface area contributed by atoms with E-state index in [1.807, 2.05) is 9.47 Å². The first kappa shape index (κ1) is 10.7. The molecule has 3 nitrogen and oxygen atoms in total. The molecule has 1 rings (SSSR count). The average molecular weight is 217 g/mol. The maximum absolute atomic E-state index is 12.8. The zero-order valence-electron chi connectivity index (χ0n) is 6.07. The fourth-order valence-electron chi connectivity index (χ4n) is 0.964. The molecule has 0 spiro atoms. The Kier molecular flexibility index (Phi) is 3.74. The van der Waals surface area contributed by atoms with E-state index < -0.39 is 18.1 Å². The Morgan fingerprint density at radius 3 is 2.67 bits per heavy atom. The first-order chi connectivity index (χ1) is 5.61. The van der Waals surface area contributed by atoms with Crippen LogP contribution in [0.4, 0.5) is 8.78 Å². The van der Waals surface area contributed by atoms with Crippen LogP contribution < -0.4 is 0 Å². The number of ether oxygens (including phenoxy) is 1. The van der Waals surface area contributed by atoms with Crippen molar-refractivity contribution in [2.24, 2.45) is 0 Å². The van der Waals surface area contributed by atoms with Gasteiger partial charge in [-0.1, -0.05) is 0 Å². The molecule has 3 unspecified atom stereocenters. The van der Waals surface area contributed by atoms with Gasteiger partial charge in [-0.3, -0.25) is 0 Å². The molecular formula is C5H9F2O3P2. The monoisotopic (exact) mass is 217 g/mol. The van der Waals surface area contributed by atoms with Gasteiger partial charge in [0.25, 0.3) is 0 Å². The highest BCUT2D eigenvalue weighted by molar-refractivity contribution is 7.10. The molecule has 0 aromatic carbocycles. The molecule has 1 aliphatic heterocycles. The van der Waals surface area contributed by atoms with Crippen LogP contribution in [0.5, 0.6) is 0 Å². The zero-order valence-corrected chi connectivity index (χ0v) is 8.38. The summed E-state index contributed by atoms with van der Waals surface area (Å²) in [5.41, 5.74) is 0. The minimum Gasteiger partial charge on any atom is -0.363 e. The van der Waals surface area contributed by atoms with Gasteiger partial charge in [0.15, 0.2) is 12.7 Å². The summed E-state index contributed by atoms with van der Waals surface area (Å²) in [6, 6.07) is 0. The minimum absolute atomic E-state index is 0.0514. The molecule has 1 radical (unpaired) electrons. The van der Waals surface area contributed by atoms with E-state index in [2.05, 4.69) is 13.8 Å². The van der Waals surface area contributed by atoms with Crippen molar-refractivity contribution >= 4 is 18.9 Å². The SMILES string of the molecule is FC1(F)[CH]O[C@H](COP)C1OP. The number of halogens is 2. The van der Waals surface area contributed by atoms with Gasteiger partial charge in [-0.25, -0.2) is 8.78 Å². The van der Waals surface area contributed by atoms with E-state index in [0.717, 1.165) is 0 Å². The second-order valence-corrected chi connectivity index (χ2v) is 2.96. The van der Waals surface area contributed by atoms with E-state index in [0.29, 0.717) is 6.61 Å². The lowest BCUT2D eigenvalue weighted by Crippen LogP contribution is -2.37. The van der Waals surface area contributed by atoms with Crippen molar-refractivity contribution in [3.63, 3.8) is 0 Å². The fraction of sp³-hybridized carbons (Fsp3) is 0.800. The van der Waals surface area contributed by atoms with E-state index in [1.165, 1.54) is 0 Å². The first-order valence-corrected chi connectivity index (χ1v) is 4.11. The molecule has 0 bridgehead atoms. The van der Waals surface area contributed by atoms with Gasteiger partial charge < -0.3 is 13.8 Å². The average Bonchev–Trinajstić information content (AvgIpc) is 2.27. The van der Waals surface area contributed by atoms with E-state index in [1.54, 1.807) is 9.47 Å². The topological polar surface area (TPSA) is 27.7 Å². The summed E-state index contributed by atoms with van der Waals surface area (Å²) < 4.78 is 39.4. The largest absolute Gasteiger partial charge is 0.363 e. The highest BCUT2D eigenvalue weighted by Gasteiger charge is 2.52. The number of alkyl halides is 2. The second-order valence-electron chi connectivity index (χ2n) is 2.36. The summed E-state index contributed by atoms with van der Waals surface area (Å²) in [6.07, 6.45) is -2.04. The Bertz CT molecular complexity index is 158. The predicted octanol–water partition coefficient (Wildman–Crippen LogP) is 1.16. The standard InChI is InChI=1S/C5H9F2O3P2/c6-5(7)2-8-3(1-9-11)4(5)10-12/h2-4H,1,11-12H2/t3-,4?/m1/s1. The Morgan fingerprint density at radius 2 is 2.17 bits per heavy atom. The van der Waals surface area contributed by atoms with Crippen molar-refractivity contribution in [3.05, 3.63) is 6.61 Å². The van der Waals surface area contributed by atoms with Crippen LogP contribution in [-0.2, 0) is 13.8 Å². The molecule has 0 aliphatic carbocycles. The normalized spacial score (nSPS) is 34.0. The van der Waals surface area contributed by atoms with Crippen LogP contribution in [0, 0.1) is 6.61 Å². The molecule has 12 heavy (non-hydrogen) atoms. The van der Waals surface area contributed by atoms with Gasteiger partial charge in [0, 0.05) is 18.9 Å². The maximum Gasteiger partial charge on any atom is 0.304 e.